The summed E-state index contributed by atoms with van der Waals surface area (Å²) in [6, 6.07) is 3.93. The van der Waals surface area contributed by atoms with E-state index in [0.717, 1.165) is 18.2 Å². The Balaban J connectivity index is 2.23. The molecular formula is C13H10FN3O4S. The standard InChI is InChI=1S/C13H10FN3O4S/c14-8-1-2-10-9(7-8)13(3-6-22(10,20)21)11(18)17(5-4-15)12(19)16-13/h1-2,7H,3,5-6H2,(H,16,19). The Morgan fingerprint density at radius 3 is 2.82 bits per heavy atom. The summed E-state index contributed by atoms with van der Waals surface area (Å²) < 4.78 is 37.8. The van der Waals surface area contributed by atoms with E-state index < -0.39 is 39.7 Å². The fraction of sp³-hybridized carbons (Fsp3) is 0.308. The minimum Gasteiger partial charge on any atom is -0.319 e. The Labute approximate surface area is 125 Å². The maximum Gasteiger partial charge on any atom is 0.326 e. The molecule has 0 aliphatic carbocycles. The number of benzene rings is 1. The van der Waals surface area contributed by atoms with Gasteiger partial charge in [-0.15, -0.1) is 0 Å². The van der Waals surface area contributed by atoms with Crippen LogP contribution in [-0.2, 0) is 20.2 Å². The highest BCUT2D eigenvalue weighted by Crippen LogP contribution is 2.41. The van der Waals surface area contributed by atoms with Crippen LogP contribution >= 0.6 is 0 Å². The molecule has 114 valence electrons. The van der Waals surface area contributed by atoms with Gasteiger partial charge in [0.25, 0.3) is 5.91 Å². The summed E-state index contributed by atoms with van der Waals surface area (Å²) in [5.74, 6) is -1.80. The SMILES string of the molecule is N#CCN1C(=O)NC2(CCS(=O)(=O)c3ccc(F)cc32)C1=O. The van der Waals surface area contributed by atoms with Crippen LogP contribution < -0.4 is 5.32 Å². The number of rotatable bonds is 1. The molecule has 0 bridgehead atoms. The lowest BCUT2D eigenvalue weighted by Gasteiger charge is -2.32. The van der Waals surface area contributed by atoms with Gasteiger partial charge in [0.05, 0.1) is 16.7 Å². The normalized spacial score (nSPS) is 25.7. The van der Waals surface area contributed by atoms with Crippen molar-refractivity contribution in [2.24, 2.45) is 0 Å². The lowest BCUT2D eigenvalue weighted by molar-refractivity contribution is -0.131. The van der Waals surface area contributed by atoms with E-state index in [1.807, 2.05) is 0 Å². The van der Waals surface area contributed by atoms with Crippen molar-refractivity contribution >= 4 is 21.8 Å². The summed E-state index contributed by atoms with van der Waals surface area (Å²) in [7, 11) is -3.65. The maximum absolute atomic E-state index is 13.6. The number of carbonyl (C=O) groups is 2. The summed E-state index contributed by atoms with van der Waals surface area (Å²) in [6.07, 6.45) is -0.196. The fourth-order valence-corrected chi connectivity index (χ4v) is 4.47. The number of hydrogen-bond acceptors (Lipinski definition) is 5. The number of sulfone groups is 1. The molecule has 3 rings (SSSR count). The van der Waals surface area contributed by atoms with Crippen LogP contribution in [0.1, 0.15) is 12.0 Å². The average Bonchev–Trinajstić information content (AvgIpc) is 2.69. The molecule has 1 N–H and O–H groups in total. The molecule has 0 aromatic heterocycles. The molecule has 0 radical (unpaired) electrons. The zero-order valence-electron chi connectivity index (χ0n) is 11.2. The summed E-state index contributed by atoms with van der Waals surface area (Å²) in [5, 5.41) is 11.1. The van der Waals surface area contributed by atoms with Gasteiger partial charge in [-0.25, -0.2) is 22.5 Å². The van der Waals surface area contributed by atoms with Crippen molar-refractivity contribution in [3.05, 3.63) is 29.6 Å². The van der Waals surface area contributed by atoms with E-state index in [9.17, 15) is 22.4 Å². The number of nitrogens with one attached hydrogen (secondary N) is 1. The first kappa shape index (κ1) is 14.5. The molecule has 7 nitrogen and oxygen atoms in total. The third kappa shape index (κ3) is 1.80. The number of nitrogens with zero attached hydrogens (tertiary/aromatic N) is 2. The number of urea groups is 1. The van der Waals surface area contributed by atoms with Crippen LogP contribution in [0.15, 0.2) is 23.1 Å². The first-order valence-corrected chi connectivity index (χ1v) is 8.01. The third-order valence-corrected chi connectivity index (χ3v) is 5.65. The minimum atomic E-state index is -3.65. The van der Waals surface area contributed by atoms with Gasteiger partial charge in [0.1, 0.15) is 17.9 Å². The number of nitriles is 1. The molecule has 2 heterocycles. The molecule has 1 unspecified atom stereocenters. The van der Waals surface area contributed by atoms with Crippen LogP contribution in [0.3, 0.4) is 0 Å². The molecule has 2 aliphatic rings. The van der Waals surface area contributed by atoms with Gasteiger partial charge in [0, 0.05) is 5.56 Å². The Morgan fingerprint density at radius 1 is 1.41 bits per heavy atom. The van der Waals surface area contributed by atoms with Gasteiger partial charge in [-0.1, -0.05) is 0 Å². The zero-order valence-corrected chi connectivity index (χ0v) is 12.0. The quantitative estimate of drug-likeness (QED) is 0.453. The zero-order chi connectivity index (χ0) is 16.1. The van der Waals surface area contributed by atoms with Crippen molar-refractivity contribution in [2.45, 2.75) is 16.9 Å². The van der Waals surface area contributed by atoms with Gasteiger partial charge in [0.15, 0.2) is 9.84 Å². The smallest absolute Gasteiger partial charge is 0.319 e. The Morgan fingerprint density at radius 2 is 2.14 bits per heavy atom. The second kappa shape index (κ2) is 4.51. The van der Waals surface area contributed by atoms with E-state index in [1.165, 1.54) is 0 Å². The summed E-state index contributed by atoms with van der Waals surface area (Å²) in [6.45, 7) is -0.455. The van der Waals surface area contributed by atoms with Gasteiger partial charge in [-0.05, 0) is 24.6 Å². The number of hydrogen-bond donors (Lipinski definition) is 1. The highest BCUT2D eigenvalue weighted by molar-refractivity contribution is 7.91. The van der Waals surface area contributed by atoms with Crippen molar-refractivity contribution < 1.29 is 22.4 Å². The van der Waals surface area contributed by atoms with E-state index in [2.05, 4.69) is 5.32 Å². The molecule has 1 aromatic rings. The molecule has 3 amide bonds. The number of fused-ring (bicyclic) bond motifs is 2. The predicted octanol–water partition coefficient (Wildman–Crippen LogP) is 0.274. The highest BCUT2D eigenvalue weighted by Gasteiger charge is 2.56. The van der Waals surface area contributed by atoms with Crippen LogP contribution in [0.2, 0.25) is 0 Å². The van der Waals surface area contributed by atoms with Crippen LogP contribution in [0.5, 0.6) is 0 Å². The van der Waals surface area contributed by atoms with Gasteiger partial charge in [-0.3, -0.25) is 4.79 Å². The van der Waals surface area contributed by atoms with E-state index in [4.69, 9.17) is 5.26 Å². The van der Waals surface area contributed by atoms with Gasteiger partial charge in [0.2, 0.25) is 0 Å². The van der Waals surface area contributed by atoms with Gasteiger partial charge >= 0.3 is 6.03 Å². The highest BCUT2D eigenvalue weighted by atomic mass is 32.2. The first-order chi connectivity index (χ1) is 10.3. The van der Waals surface area contributed by atoms with Crippen molar-refractivity contribution in [1.29, 1.82) is 5.26 Å². The molecule has 2 aliphatic heterocycles. The van der Waals surface area contributed by atoms with E-state index in [-0.39, 0.29) is 22.6 Å². The van der Waals surface area contributed by atoms with Crippen molar-refractivity contribution in [1.82, 2.24) is 10.2 Å². The summed E-state index contributed by atoms with van der Waals surface area (Å²) in [5.41, 5.74) is -1.71. The molecule has 1 saturated heterocycles. The van der Waals surface area contributed by atoms with Crippen molar-refractivity contribution in [3.8, 4) is 6.07 Å². The molecule has 1 spiro atoms. The van der Waals surface area contributed by atoms with Crippen molar-refractivity contribution in [2.75, 3.05) is 12.3 Å². The topological polar surface area (TPSA) is 107 Å². The van der Waals surface area contributed by atoms with E-state index in [0.29, 0.717) is 4.90 Å². The second-order valence-electron chi connectivity index (χ2n) is 5.09. The summed E-state index contributed by atoms with van der Waals surface area (Å²) >= 11 is 0. The number of halogens is 1. The minimum absolute atomic E-state index is 0.0856. The molecule has 0 saturated carbocycles. The average molecular weight is 323 g/mol. The van der Waals surface area contributed by atoms with Gasteiger partial charge < -0.3 is 5.32 Å². The molecular weight excluding hydrogens is 313 g/mol. The van der Waals surface area contributed by atoms with E-state index >= 15 is 0 Å². The van der Waals surface area contributed by atoms with Crippen LogP contribution in [0.4, 0.5) is 9.18 Å². The molecule has 1 fully saturated rings. The molecule has 9 heteroatoms. The predicted molar refractivity (Wildman–Crippen MR) is 70.6 cm³/mol. The van der Waals surface area contributed by atoms with Crippen LogP contribution in [0.25, 0.3) is 0 Å². The summed E-state index contributed by atoms with van der Waals surface area (Å²) in [4.78, 5) is 25.0. The van der Waals surface area contributed by atoms with Crippen LogP contribution in [-0.4, -0.2) is 37.6 Å². The molecule has 1 atom stereocenters. The van der Waals surface area contributed by atoms with Gasteiger partial charge in [-0.2, -0.15) is 5.26 Å². The fourth-order valence-electron chi connectivity index (χ4n) is 2.83. The Hall–Kier alpha value is -2.47. The Bertz CT molecular complexity index is 845. The van der Waals surface area contributed by atoms with Crippen molar-refractivity contribution in [3.63, 3.8) is 0 Å². The van der Waals surface area contributed by atoms with Crippen LogP contribution in [0, 0.1) is 17.1 Å². The number of carbonyl (C=O) groups excluding carboxylic acids is 2. The molecule has 1 aromatic carbocycles. The number of imide groups is 1. The first-order valence-electron chi connectivity index (χ1n) is 6.36. The maximum atomic E-state index is 13.6. The Kier molecular flexibility index (Phi) is 2.97. The number of amides is 3. The lowest BCUT2D eigenvalue weighted by atomic mass is 9.86. The largest absolute Gasteiger partial charge is 0.326 e. The van der Waals surface area contributed by atoms with E-state index in [1.54, 1.807) is 6.07 Å². The lowest BCUT2D eigenvalue weighted by Crippen LogP contribution is -2.49. The molecule has 22 heavy (non-hydrogen) atoms. The second-order valence-corrected chi connectivity index (χ2v) is 7.17. The third-order valence-electron chi connectivity index (χ3n) is 3.89. The monoisotopic (exact) mass is 323 g/mol.